The third kappa shape index (κ3) is 1.95. The van der Waals surface area contributed by atoms with Crippen LogP contribution in [0.1, 0.15) is 21.3 Å². The molecular weight excluding hydrogens is 202 g/mol. The van der Waals surface area contributed by atoms with Gasteiger partial charge in [-0.05, 0) is 17.0 Å². The van der Waals surface area contributed by atoms with Gasteiger partial charge in [-0.15, -0.1) is 11.3 Å². The van der Waals surface area contributed by atoms with Crippen LogP contribution in [0.3, 0.4) is 0 Å². The van der Waals surface area contributed by atoms with Crippen LogP contribution in [0.4, 0.5) is 0 Å². The van der Waals surface area contributed by atoms with E-state index in [-0.39, 0.29) is 6.04 Å². The maximum atomic E-state index is 10.7. The van der Waals surface area contributed by atoms with Gasteiger partial charge < -0.3 is 15.2 Å². The highest BCUT2D eigenvalue weighted by Crippen LogP contribution is 2.22. The molecule has 76 valence electrons. The summed E-state index contributed by atoms with van der Waals surface area (Å²) in [6.45, 7) is 2.17. The summed E-state index contributed by atoms with van der Waals surface area (Å²) in [5, 5.41) is 13.9. The zero-order valence-corrected chi connectivity index (χ0v) is 8.34. The highest BCUT2D eigenvalue weighted by molar-refractivity contribution is 7.12. The van der Waals surface area contributed by atoms with Crippen molar-refractivity contribution in [3.05, 3.63) is 21.9 Å². The Morgan fingerprint density at radius 2 is 2.57 bits per heavy atom. The van der Waals surface area contributed by atoms with Crippen LogP contribution in [-0.4, -0.2) is 30.8 Å². The normalized spacial score (nSPS) is 22.1. The fourth-order valence-electron chi connectivity index (χ4n) is 1.43. The van der Waals surface area contributed by atoms with E-state index < -0.39 is 5.97 Å². The second-order valence-electron chi connectivity index (χ2n) is 3.13. The van der Waals surface area contributed by atoms with Crippen LogP contribution in [0, 0.1) is 0 Å². The molecule has 0 amide bonds. The van der Waals surface area contributed by atoms with Gasteiger partial charge in [0.15, 0.2) is 0 Å². The predicted octanol–water partition coefficient (Wildman–Crippen LogP) is 1.11. The smallest absolute Gasteiger partial charge is 0.345 e. The van der Waals surface area contributed by atoms with Gasteiger partial charge in [0.2, 0.25) is 0 Å². The van der Waals surface area contributed by atoms with Crippen molar-refractivity contribution < 1.29 is 14.6 Å². The number of nitrogens with one attached hydrogen (secondary N) is 1. The maximum Gasteiger partial charge on any atom is 0.345 e. The number of carbonyl (C=O) groups is 1. The molecule has 0 saturated carbocycles. The average molecular weight is 213 g/mol. The van der Waals surface area contributed by atoms with Gasteiger partial charge in [-0.25, -0.2) is 4.79 Å². The summed E-state index contributed by atoms with van der Waals surface area (Å²) < 4.78 is 5.30. The lowest BCUT2D eigenvalue weighted by atomic mass is 10.1. The highest BCUT2D eigenvalue weighted by atomic mass is 32.1. The molecule has 2 heterocycles. The Morgan fingerprint density at radius 3 is 3.14 bits per heavy atom. The Kier molecular flexibility index (Phi) is 2.81. The zero-order valence-electron chi connectivity index (χ0n) is 7.53. The monoisotopic (exact) mass is 213 g/mol. The van der Waals surface area contributed by atoms with Crippen LogP contribution in [0.25, 0.3) is 0 Å². The molecule has 1 fully saturated rings. The largest absolute Gasteiger partial charge is 0.477 e. The van der Waals surface area contributed by atoms with Crippen LogP contribution in [0.5, 0.6) is 0 Å². The number of thiophene rings is 1. The van der Waals surface area contributed by atoms with Crippen molar-refractivity contribution in [2.24, 2.45) is 0 Å². The lowest BCUT2D eigenvalue weighted by Crippen LogP contribution is -2.34. The number of aromatic carboxylic acids is 1. The molecule has 5 heteroatoms. The first-order valence-corrected chi connectivity index (χ1v) is 5.28. The summed E-state index contributed by atoms with van der Waals surface area (Å²) in [5.41, 5.74) is 1.01. The molecule has 0 bridgehead atoms. The number of carboxylic acid groups (broad SMARTS) is 1. The molecule has 0 aliphatic carbocycles. The molecule has 1 atom stereocenters. The molecule has 2 N–H and O–H groups in total. The Bertz CT molecular complexity index is 331. The fraction of sp³-hybridized carbons (Fsp3) is 0.444. The summed E-state index contributed by atoms with van der Waals surface area (Å²) in [6.07, 6.45) is 0. The molecule has 0 spiro atoms. The van der Waals surface area contributed by atoms with Gasteiger partial charge in [0, 0.05) is 6.54 Å². The SMILES string of the molecule is O=C(O)c1cc(C2COCCN2)cs1. The van der Waals surface area contributed by atoms with Gasteiger partial charge in [-0.3, -0.25) is 0 Å². The van der Waals surface area contributed by atoms with E-state index in [1.54, 1.807) is 6.07 Å². The Hall–Kier alpha value is -0.910. The summed E-state index contributed by atoms with van der Waals surface area (Å²) in [7, 11) is 0. The van der Waals surface area contributed by atoms with Crippen molar-refractivity contribution in [1.29, 1.82) is 0 Å². The van der Waals surface area contributed by atoms with Gasteiger partial charge >= 0.3 is 5.97 Å². The summed E-state index contributed by atoms with van der Waals surface area (Å²) in [4.78, 5) is 11.0. The highest BCUT2D eigenvalue weighted by Gasteiger charge is 2.17. The lowest BCUT2D eigenvalue weighted by molar-refractivity contribution is 0.0700. The summed E-state index contributed by atoms with van der Waals surface area (Å²) in [5.74, 6) is -0.863. The molecule has 0 aromatic carbocycles. The minimum atomic E-state index is -0.863. The molecule has 14 heavy (non-hydrogen) atoms. The van der Waals surface area contributed by atoms with Crippen LogP contribution >= 0.6 is 11.3 Å². The number of carboxylic acids is 1. The molecular formula is C9H11NO3S. The number of hydrogen-bond donors (Lipinski definition) is 2. The molecule has 4 nitrogen and oxygen atoms in total. The fourth-order valence-corrected chi connectivity index (χ4v) is 2.23. The van der Waals surface area contributed by atoms with E-state index in [1.807, 2.05) is 5.38 Å². The average Bonchev–Trinajstić information content (AvgIpc) is 2.68. The second-order valence-corrected chi connectivity index (χ2v) is 4.04. The molecule has 1 aromatic rings. The van der Waals surface area contributed by atoms with Crippen molar-refractivity contribution in [3.8, 4) is 0 Å². The van der Waals surface area contributed by atoms with E-state index in [2.05, 4.69) is 5.32 Å². The van der Waals surface area contributed by atoms with Crippen molar-refractivity contribution >= 4 is 17.3 Å². The maximum absolute atomic E-state index is 10.7. The van der Waals surface area contributed by atoms with Gasteiger partial charge in [-0.2, -0.15) is 0 Å². The van der Waals surface area contributed by atoms with Gasteiger partial charge in [0.25, 0.3) is 0 Å². The van der Waals surface area contributed by atoms with Crippen molar-refractivity contribution in [3.63, 3.8) is 0 Å². The van der Waals surface area contributed by atoms with Gasteiger partial charge in [0.05, 0.1) is 19.3 Å². The number of morpholine rings is 1. The van der Waals surface area contributed by atoms with Crippen molar-refractivity contribution in [1.82, 2.24) is 5.32 Å². The minimum absolute atomic E-state index is 0.146. The molecule has 0 radical (unpaired) electrons. The minimum Gasteiger partial charge on any atom is -0.477 e. The van der Waals surface area contributed by atoms with E-state index in [4.69, 9.17) is 9.84 Å². The molecule has 1 aliphatic rings. The number of ether oxygens (including phenoxy) is 1. The van der Waals surface area contributed by atoms with E-state index in [9.17, 15) is 4.79 Å². The van der Waals surface area contributed by atoms with Crippen LogP contribution in [0.15, 0.2) is 11.4 Å². The first kappa shape index (κ1) is 9.64. The zero-order chi connectivity index (χ0) is 9.97. The van der Waals surface area contributed by atoms with Gasteiger partial charge in [-0.1, -0.05) is 0 Å². The summed E-state index contributed by atoms with van der Waals surface area (Å²) in [6, 6.07) is 1.85. The first-order chi connectivity index (χ1) is 6.77. The quantitative estimate of drug-likeness (QED) is 0.772. The molecule has 1 saturated heterocycles. The Balaban J connectivity index is 2.11. The lowest BCUT2D eigenvalue weighted by Gasteiger charge is -2.22. The molecule has 1 aliphatic heterocycles. The van der Waals surface area contributed by atoms with E-state index in [0.29, 0.717) is 11.5 Å². The van der Waals surface area contributed by atoms with E-state index in [0.717, 1.165) is 18.7 Å². The molecule has 2 rings (SSSR count). The standard InChI is InChI=1S/C9H11NO3S/c11-9(12)8-3-6(5-14-8)7-4-13-2-1-10-7/h3,5,7,10H,1-2,4H2,(H,11,12). The van der Waals surface area contributed by atoms with E-state index in [1.165, 1.54) is 11.3 Å². The predicted molar refractivity (Wildman–Crippen MR) is 52.8 cm³/mol. The third-order valence-electron chi connectivity index (χ3n) is 2.15. The van der Waals surface area contributed by atoms with Crippen LogP contribution in [-0.2, 0) is 4.74 Å². The van der Waals surface area contributed by atoms with Gasteiger partial charge in [0.1, 0.15) is 4.88 Å². The topological polar surface area (TPSA) is 58.6 Å². The summed E-state index contributed by atoms with van der Waals surface area (Å²) >= 11 is 1.26. The molecule has 1 aromatic heterocycles. The molecule has 1 unspecified atom stereocenters. The van der Waals surface area contributed by atoms with Crippen molar-refractivity contribution in [2.75, 3.05) is 19.8 Å². The first-order valence-electron chi connectivity index (χ1n) is 4.40. The number of rotatable bonds is 2. The number of hydrogen-bond acceptors (Lipinski definition) is 4. The van der Waals surface area contributed by atoms with E-state index >= 15 is 0 Å². The second kappa shape index (κ2) is 4.08. The van der Waals surface area contributed by atoms with Crippen LogP contribution < -0.4 is 5.32 Å². The third-order valence-corrected chi connectivity index (χ3v) is 3.09. The van der Waals surface area contributed by atoms with Crippen LogP contribution in [0.2, 0.25) is 0 Å². The Labute approximate surface area is 85.5 Å². The van der Waals surface area contributed by atoms with Crippen molar-refractivity contribution in [2.45, 2.75) is 6.04 Å². The Morgan fingerprint density at radius 1 is 1.71 bits per heavy atom.